The van der Waals surface area contributed by atoms with E-state index in [2.05, 4.69) is 10.4 Å². The van der Waals surface area contributed by atoms with Crippen LogP contribution in [0.3, 0.4) is 0 Å². The third-order valence-electron chi connectivity index (χ3n) is 4.01. The SMILES string of the molecule is O=C(Nc1ccnn1Cc1ccc(Cl)cc1)c1ccc2c(c1)OCCO2. The van der Waals surface area contributed by atoms with Crippen molar-refractivity contribution in [3.63, 3.8) is 0 Å². The van der Waals surface area contributed by atoms with Crippen LogP contribution in [0.4, 0.5) is 5.82 Å². The Bertz CT molecular complexity index is 937. The molecule has 7 heteroatoms. The minimum absolute atomic E-state index is 0.236. The van der Waals surface area contributed by atoms with Crippen LogP contribution < -0.4 is 14.8 Å². The molecule has 0 saturated heterocycles. The van der Waals surface area contributed by atoms with Crippen molar-refractivity contribution in [1.29, 1.82) is 0 Å². The first-order chi connectivity index (χ1) is 12.7. The summed E-state index contributed by atoms with van der Waals surface area (Å²) in [6.07, 6.45) is 1.65. The Labute approximate surface area is 155 Å². The molecule has 0 radical (unpaired) electrons. The molecule has 3 aromatic rings. The van der Waals surface area contributed by atoms with Crippen molar-refractivity contribution in [2.45, 2.75) is 6.54 Å². The lowest BCUT2D eigenvalue weighted by atomic mass is 10.2. The van der Waals surface area contributed by atoms with Gasteiger partial charge >= 0.3 is 0 Å². The Hall–Kier alpha value is -2.99. The molecule has 1 N–H and O–H groups in total. The Morgan fingerprint density at radius 1 is 1.08 bits per heavy atom. The van der Waals surface area contributed by atoms with Gasteiger partial charge in [0.2, 0.25) is 0 Å². The van der Waals surface area contributed by atoms with E-state index in [1.54, 1.807) is 35.1 Å². The fraction of sp³-hybridized carbons (Fsp3) is 0.158. The van der Waals surface area contributed by atoms with Gasteiger partial charge < -0.3 is 14.8 Å². The van der Waals surface area contributed by atoms with Gasteiger partial charge in [-0.2, -0.15) is 5.10 Å². The number of amides is 1. The maximum Gasteiger partial charge on any atom is 0.256 e. The number of halogens is 1. The van der Waals surface area contributed by atoms with Gasteiger partial charge in [0.25, 0.3) is 5.91 Å². The van der Waals surface area contributed by atoms with Crippen molar-refractivity contribution in [3.05, 3.63) is 70.9 Å². The number of hydrogen-bond donors (Lipinski definition) is 1. The number of nitrogens with one attached hydrogen (secondary N) is 1. The molecule has 0 spiro atoms. The summed E-state index contributed by atoms with van der Waals surface area (Å²) in [6.45, 7) is 1.52. The van der Waals surface area contributed by atoms with Gasteiger partial charge in [-0.1, -0.05) is 23.7 Å². The second-order valence-corrected chi connectivity index (χ2v) is 6.25. The van der Waals surface area contributed by atoms with Crippen molar-refractivity contribution in [1.82, 2.24) is 9.78 Å². The van der Waals surface area contributed by atoms with E-state index < -0.39 is 0 Å². The zero-order chi connectivity index (χ0) is 17.9. The molecule has 132 valence electrons. The first kappa shape index (κ1) is 16.5. The lowest BCUT2D eigenvalue weighted by molar-refractivity contribution is 0.102. The van der Waals surface area contributed by atoms with Crippen LogP contribution in [0.1, 0.15) is 15.9 Å². The minimum atomic E-state index is -0.236. The minimum Gasteiger partial charge on any atom is -0.486 e. The van der Waals surface area contributed by atoms with E-state index in [1.807, 2.05) is 24.3 Å². The normalized spacial score (nSPS) is 12.7. The summed E-state index contributed by atoms with van der Waals surface area (Å²) in [5.74, 6) is 1.61. The number of carbonyl (C=O) groups is 1. The summed E-state index contributed by atoms with van der Waals surface area (Å²) in [5, 5.41) is 7.84. The molecule has 0 fully saturated rings. The molecular formula is C19H16ClN3O3. The molecule has 1 aliphatic heterocycles. The first-order valence-electron chi connectivity index (χ1n) is 8.16. The Morgan fingerprint density at radius 3 is 2.65 bits per heavy atom. The number of benzene rings is 2. The molecule has 0 aliphatic carbocycles. The largest absolute Gasteiger partial charge is 0.486 e. The lowest BCUT2D eigenvalue weighted by Crippen LogP contribution is -2.18. The molecule has 4 rings (SSSR count). The highest BCUT2D eigenvalue weighted by molar-refractivity contribution is 6.30. The topological polar surface area (TPSA) is 65.4 Å². The van der Waals surface area contributed by atoms with Crippen LogP contribution in [0.5, 0.6) is 11.5 Å². The van der Waals surface area contributed by atoms with E-state index in [0.717, 1.165) is 5.56 Å². The molecule has 1 aliphatic rings. The molecule has 26 heavy (non-hydrogen) atoms. The Kier molecular flexibility index (Phi) is 4.50. The first-order valence-corrected chi connectivity index (χ1v) is 8.54. The summed E-state index contributed by atoms with van der Waals surface area (Å²) >= 11 is 5.91. The van der Waals surface area contributed by atoms with E-state index in [4.69, 9.17) is 21.1 Å². The van der Waals surface area contributed by atoms with Crippen LogP contribution >= 0.6 is 11.6 Å². The predicted molar refractivity (Wildman–Crippen MR) is 98.2 cm³/mol. The highest BCUT2D eigenvalue weighted by Gasteiger charge is 2.16. The third kappa shape index (κ3) is 3.50. The Balaban J connectivity index is 1.50. The van der Waals surface area contributed by atoms with E-state index in [-0.39, 0.29) is 5.91 Å². The van der Waals surface area contributed by atoms with Crippen LogP contribution in [0.15, 0.2) is 54.7 Å². The van der Waals surface area contributed by atoms with E-state index in [1.165, 1.54) is 0 Å². The average molecular weight is 370 g/mol. The lowest BCUT2D eigenvalue weighted by Gasteiger charge is -2.18. The number of ether oxygens (including phenoxy) is 2. The Morgan fingerprint density at radius 2 is 1.85 bits per heavy atom. The molecular weight excluding hydrogens is 354 g/mol. The van der Waals surface area contributed by atoms with Gasteiger partial charge in [0.1, 0.15) is 19.0 Å². The van der Waals surface area contributed by atoms with Crippen LogP contribution in [0.25, 0.3) is 0 Å². The summed E-state index contributed by atoms with van der Waals surface area (Å²) in [5.41, 5.74) is 1.53. The number of rotatable bonds is 4. The second kappa shape index (κ2) is 7.09. The fourth-order valence-electron chi connectivity index (χ4n) is 2.70. The van der Waals surface area contributed by atoms with Crippen molar-refractivity contribution in [2.24, 2.45) is 0 Å². The van der Waals surface area contributed by atoms with Crippen molar-refractivity contribution < 1.29 is 14.3 Å². The molecule has 0 unspecified atom stereocenters. The zero-order valence-electron chi connectivity index (χ0n) is 13.8. The highest BCUT2D eigenvalue weighted by Crippen LogP contribution is 2.31. The van der Waals surface area contributed by atoms with Gasteiger partial charge in [0, 0.05) is 16.7 Å². The summed E-state index contributed by atoms with van der Waals surface area (Å²) in [4.78, 5) is 12.6. The standard InChI is InChI=1S/C19H16ClN3O3/c20-15-4-1-13(2-5-15)12-23-18(7-8-21-23)22-19(24)14-3-6-16-17(11-14)26-10-9-25-16/h1-8,11H,9-10,12H2,(H,22,24). The molecule has 6 nitrogen and oxygen atoms in total. The molecule has 0 atom stereocenters. The summed E-state index contributed by atoms with van der Waals surface area (Å²) in [7, 11) is 0. The van der Waals surface area contributed by atoms with Gasteiger partial charge in [-0.3, -0.25) is 4.79 Å². The number of carbonyl (C=O) groups excluding carboxylic acids is 1. The molecule has 0 bridgehead atoms. The van der Waals surface area contributed by atoms with Crippen LogP contribution in [0.2, 0.25) is 5.02 Å². The maximum absolute atomic E-state index is 12.6. The molecule has 2 aromatic carbocycles. The predicted octanol–water partition coefficient (Wildman–Crippen LogP) is 3.61. The maximum atomic E-state index is 12.6. The van der Waals surface area contributed by atoms with Crippen molar-refractivity contribution in [3.8, 4) is 11.5 Å². The van der Waals surface area contributed by atoms with Gasteiger partial charge in [-0.15, -0.1) is 0 Å². The fourth-order valence-corrected chi connectivity index (χ4v) is 2.83. The molecule has 1 amide bonds. The van der Waals surface area contributed by atoms with Gasteiger partial charge in [0.05, 0.1) is 12.7 Å². The van der Waals surface area contributed by atoms with Gasteiger partial charge in [0.15, 0.2) is 11.5 Å². The molecule has 1 aromatic heterocycles. The average Bonchev–Trinajstić information content (AvgIpc) is 3.10. The molecule has 0 saturated carbocycles. The van der Waals surface area contributed by atoms with E-state index in [0.29, 0.717) is 47.7 Å². The zero-order valence-corrected chi connectivity index (χ0v) is 14.6. The number of anilines is 1. The smallest absolute Gasteiger partial charge is 0.256 e. The van der Waals surface area contributed by atoms with Gasteiger partial charge in [-0.25, -0.2) is 4.68 Å². The number of aromatic nitrogens is 2. The van der Waals surface area contributed by atoms with Crippen LogP contribution in [-0.2, 0) is 6.54 Å². The van der Waals surface area contributed by atoms with Crippen LogP contribution in [0, 0.1) is 0 Å². The quantitative estimate of drug-likeness (QED) is 0.763. The molecule has 2 heterocycles. The van der Waals surface area contributed by atoms with Crippen molar-refractivity contribution >= 4 is 23.3 Å². The van der Waals surface area contributed by atoms with Crippen LogP contribution in [-0.4, -0.2) is 28.9 Å². The highest BCUT2D eigenvalue weighted by atomic mass is 35.5. The number of fused-ring (bicyclic) bond motifs is 1. The number of nitrogens with zero attached hydrogens (tertiary/aromatic N) is 2. The van der Waals surface area contributed by atoms with E-state index >= 15 is 0 Å². The van der Waals surface area contributed by atoms with Crippen molar-refractivity contribution in [2.75, 3.05) is 18.5 Å². The summed E-state index contributed by atoms with van der Waals surface area (Å²) < 4.78 is 12.7. The number of hydrogen-bond acceptors (Lipinski definition) is 4. The van der Waals surface area contributed by atoms with Gasteiger partial charge in [-0.05, 0) is 35.9 Å². The monoisotopic (exact) mass is 369 g/mol. The van der Waals surface area contributed by atoms with E-state index in [9.17, 15) is 4.79 Å². The second-order valence-electron chi connectivity index (χ2n) is 5.81. The summed E-state index contributed by atoms with van der Waals surface area (Å²) in [6, 6.07) is 14.4. The third-order valence-corrected chi connectivity index (χ3v) is 4.26.